The fourth-order valence-electron chi connectivity index (χ4n) is 2.53. The van der Waals surface area contributed by atoms with Gasteiger partial charge in [-0.1, -0.05) is 6.07 Å². The Labute approximate surface area is 157 Å². The van der Waals surface area contributed by atoms with Crippen LogP contribution in [0.4, 0.5) is 11.4 Å². The number of benzene rings is 2. The summed E-state index contributed by atoms with van der Waals surface area (Å²) in [6.07, 6.45) is 1.55. The number of hydrogen-bond acceptors (Lipinski definition) is 4. The lowest BCUT2D eigenvalue weighted by Crippen LogP contribution is -2.23. The number of nitrogens with zero attached hydrogens (tertiary/aromatic N) is 1. The van der Waals surface area contributed by atoms with E-state index in [0.29, 0.717) is 29.1 Å². The van der Waals surface area contributed by atoms with E-state index in [1.165, 1.54) is 0 Å². The van der Waals surface area contributed by atoms with Crippen molar-refractivity contribution in [3.63, 3.8) is 0 Å². The fourth-order valence-corrected chi connectivity index (χ4v) is 2.53. The van der Waals surface area contributed by atoms with Crippen LogP contribution >= 0.6 is 0 Å². The number of carbonyl (C=O) groups is 2. The summed E-state index contributed by atoms with van der Waals surface area (Å²) in [7, 11) is 3.91. The summed E-state index contributed by atoms with van der Waals surface area (Å²) in [5, 5.41) is 5.61. The Hall–Kier alpha value is -3.54. The van der Waals surface area contributed by atoms with Crippen molar-refractivity contribution < 1.29 is 14.0 Å². The molecule has 0 saturated heterocycles. The summed E-state index contributed by atoms with van der Waals surface area (Å²) in [4.78, 5) is 26.8. The van der Waals surface area contributed by atoms with E-state index in [1.807, 2.05) is 43.3 Å². The zero-order chi connectivity index (χ0) is 19.2. The van der Waals surface area contributed by atoms with Crippen molar-refractivity contribution >= 4 is 23.2 Å². The standard InChI is InChI=1S/C21H21N3O3/c1-24(2)18-10-8-17(9-11-18)23-21(26)16-6-3-5-15(13-16)20(25)22-14-19-7-4-12-27-19/h3-13H,14H2,1-2H3,(H,22,25)(H,23,26). The molecule has 3 aromatic rings. The van der Waals surface area contributed by atoms with E-state index in [-0.39, 0.29) is 11.8 Å². The largest absolute Gasteiger partial charge is 0.467 e. The Bertz CT molecular complexity index is 916. The first kappa shape index (κ1) is 18.3. The predicted octanol–water partition coefficient (Wildman–Crippen LogP) is 3.53. The van der Waals surface area contributed by atoms with Crippen LogP contribution in [0.25, 0.3) is 0 Å². The molecular weight excluding hydrogens is 342 g/mol. The number of nitrogens with one attached hydrogen (secondary N) is 2. The van der Waals surface area contributed by atoms with Crippen LogP contribution < -0.4 is 15.5 Å². The minimum atomic E-state index is -0.270. The van der Waals surface area contributed by atoms with Crippen LogP contribution in [0.2, 0.25) is 0 Å². The maximum absolute atomic E-state index is 12.5. The highest BCUT2D eigenvalue weighted by Gasteiger charge is 2.11. The zero-order valence-corrected chi connectivity index (χ0v) is 15.2. The monoisotopic (exact) mass is 363 g/mol. The second-order valence-electron chi connectivity index (χ2n) is 6.24. The number of hydrogen-bond donors (Lipinski definition) is 2. The van der Waals surface area contributed by atoms with Gasteiger partial charge in [-0.25, -0.2) is 0 Å². The van der Waals surface area contributed by atoms with Gasteiger partial charge in [-0.15, -0.1) is 0 Å². The molecule has 2 amide bonds. The number of amides is 2. The smallest absolute Gasteiger partial charge is 0.255 e. The third-order valence-corrected chi connectivity index (χ3v) is 4.03. The van der Waals surface area contributed by atoms with Gasteiger partial charge in [0.2, 0.25) is 0 Å². The van der Waals surface area contributed by atoms with Crippen molar-refractivity contribution in [1.29, 1.82) is 0 Å². The van der Waals surface area contributed by atoms with Gasteiger partial charge in [0, 0.05) is 36.6 Å². The van der Waals surface area contributed by atoms with Crippen LogP contribution in [0.3, 0.4) is 0 Å². The molecule has 0 aliphatic heterocycles. The predicted molar refractivity (Wildman–Crippen MR) is 105 cm³/mol. The molecular formula is C21H21N3O3. The molecule has 0 unspecified atom stereocenters. The Morgan fingerprint density at radius 1 is 0.926 bits per heavy atom. The van der Waals surface area contributed by atoms with Crippen molar-refractivity contribution in [2.45, 2.75) is 6.54 Å². The third-order valence-electron chi connectivity index (χ3n) is 4.03. The SMILES string of the molecule is CN(C)c1ccc(NC(=O)c2cccc(C(=O)NCc3ccco3)c2)cc1. The van der Waals surface area contributed by atoms with Crippen molar-refractivity contribution in [2.75, 3.05) is 24.3 Å². The van der Waals surface area contributed by atoms with Gasteiger partial charge in [-0.2, -0.15) is 0 Å². The molecule has 0 atom stereocenters. The maximum atomic E-state index is 12.5. The van der Waals surface area contributed by atoms with Gasteiger partial charge < -0.3 is 20.0 Å². The third kappa shape index (κ3) is 4.76. The molecule has 2 N–H and O–H groups in total. The van der Waals surface area contributed by atoms with Gasteiger partial charge in [0.25, 0.3) is 11.8 Å². The van der Waals surface area contributed by atoms with E-state index >= 15 is 0 Å². The lowest BCUT2D eigenvalue weighted by atomic mass is 10.1. The molecule has 0 bridgehead atoms. The van der Waals surface area contributed by atoms with Gasteiger partial charge in [0.05, 0.1) is 12.8 Å². The lowest BCUT2D eigenvalue weighted by Gasteiger charge is -2.13. The van der Waals surface area contributed by atoms with Crippen LogP contribution in [0.15, 0.2) is 71.3 Å². The average molecular weight is 363 g/mol. The van der Waals surface area contributed by atoms with Gasteiger partial charge in [-0.3, -0.25) is 9.59 Å². The van der Waals surface area contributed by atoms with Crippen molar-refractivity contribution in [1.82, 2.24) is 5.32 Å². The molecule has 0 spiro atoms. The summed E-state index contributed by atoms with van der Waals surface area (Å²) in [5.74, 6) is 0.128. The van der Waals surface area contributed by atoms with Crippen LogP contribution in [0, 0.1) is 0 Å². The van der Waals surface area contributed by atoms with Gasteiger partial charge in [-0.05, 0) is 54.6 Å². The topological polar surface area (TPSA) is 74.6 Å². The number of rotatable bonds is 6. The fraction of sp³-hybridized carbons (Fsp3) is 0.143. The molecule has 0 radical (unpaired) electrons. The molecule has 6 nitrogen and oxygen atoms in total. The summed E-state index contributed by atoms with van der Waals surface area (Å²) in [5.41, 5.74) is 2.57. The average Bonchev–Trinajstić information content (AvgIpc) is 3.20. The molecule has 27 heavy (non-hydrogen) atoms. The molecule has 0 saturated carbocycles. The van der Waals surface area contributed by atoms with Crippen molar-refractivity contribution in [2.24, 2.45) is 0 Å². The van der Waals surface area contributed by atoms with Crippen LogP contribution in [-0.4, -0.2) is 25.9 Å². The minimum absolute atomic E-state index is 0.267. The highest BCUT2D eigenvalue weighted by atomic mass is 16.3. The number of furan rings is 1. The molecule has 2 aromatic carbocycles. The molecule has 1 heterocycles. The second kappa shape index (κ2) is 8.23. The van der Waals surface area contributed by atoms with E-state index < -0.39 is 0 Å². The summed E-state index contributed by atoms with van der Waals surface area (Å²) >= 11 is 0. The first-order valence-corrected chi connectivity index (χ1v) is 8.52. The summed E-state index contributed by atoms with van der Waals surface area (Å²) in [6.45, 7) is 0.292. The van der Waals surface area contributed by atoms with E-state index in [0.717, 1.165) is 5.69 Å². The van der Waals surface area contributed by atoms with E-state index in [1.54, 1.807) is 42.7 Å². The Morgan fingerprint density at radius 2 is 1.63 bits per heavy atom. The molecule has 138 valence electrons. The maximum Gasteiger partial charge on any atom is 0.255 e. The normalized spacial score (nSPS) is 10.3. The summed E-state index contributed by atoms with van der Waals surface area (Å²) < 4.78 is 5.19. The molecule has 1 aromatic heterocycles. The van der Waals surface area contributed by atoms with E-state index in [4.69, 9.17) is 4.42 Å². The molecule has 6 heteroatoms. The molecule has 0 aliphatic carbocycles. The van der Waals surface area contributed by atoms with Gasteiger partial charge in [0.15, 0.2) is 0 Å². The van der Waals surface area contributed by atoms with Gasteiger partial charge >= 0.3 is 0 Å². The molecule has 0 aliphatic rings. The Balaban J connectivity index is 1.65. The van der Waals surface area contributed by atoms with E-state index in [9.17, 15) is 9.59 Å². The van der Waals surface area contributed by atoms with Crippen molar-refractivity contribution in [3.8, 4) is 0 Å². The van der Waals surface area contributed by atoms with Crippen LogP contribution in [0.5, 0.6) is 0 Å². The first-order valence-electron chi connectivity index (χ1n) is 8.52. The minimum Gasteiger partial charge on any atom is -0.467 e. The first-order chi connectivity index (χ1) is 13.0. The lowest BCUT2D eigenvalue weighted by molar-refractivity contribution is 0.0948. The number of anilines is 2. The quantitative estimate of drug-likeness (QED) is 0.703. The van der Waals surface area contributed by atoms with Crippen molar-refractivity contribution in [3.05, 3.63) is 83.8 Å². The Kier molecular flexibility index (Phi) is 5.56. The zero-order valence-electron chi connectivity index (χ0n) is 15.2. The van der Waals surface area contributed by atoms with Crippen LogP contribution in [0.1, 0.15) is 26.5 Å². The number of carbonyl (C=O) groups excluding carboxylic acids is 2. The van der Waals surface area contributed by atoms with E-state index in [2.05, 4.69) is 10.6 Å². The molecule has 0 fully saturated rings. The second-order valence-corrected chi connectivity index (χ2v) is 6.24. The summed E-state index contributed by atoms with van der Waals surface area (Å²) in [6, 6.07) is 17.7. The molecule has 3 rings (SSSR count). The van der Waals surface area contributed by atoms with Gasteiger partial charge in [0.1, 0.15) is 5.76 Å². The highest BCUT2D eigenvalue weighted by molar-refractivity contribution is 6.06. The highest BCUT2D eigenvalue weighted by Crippen LogP contribution is 2.17. The Morgan fingerprint density at radius 3 is 2.26 bits per heavy atom. The van der Waals surface area contributed by atoms with Crippen LogP contribution in [-0.2, 0) is 6.54 Å².